The van der Waals surface area contributed by atoms with Gasteiger partial charge in [0.15, 0.2) is 24.7 Å². The fraction of sp³-hybridized carbons (Fsp3) is 0.514. The van der Waals surface area contributed by atoms with Gasteiger partial charge in [0.25, 0.3) is 0 Å². The summed E-state index contributed by atoms with van der Waals surface area (Å²) in [5.74, 6) is -0.846. The van der Waals surface area contributed by atoms with E-state index in [9.17, 15) is 0 Å². The van der Waals surface area contributed by atoms with Gasteiger partial charge < -0.3 is 47.4 Å². The molecule has 252 valence electrons. The quantitative estimate of drug-likeness (QED) is 0.289. The molecule has 4 fully saturated rings. The maximum Gasteiger partial charge on any atom is 0.187 e. The number of benzene rings is 3. The van der Waals surface area contributed by atoms with E-state index in [0.29, 0.717) is 13.2 Å². The molecule has 3 aromatic rings. The summed E-state index contributed by atoms with van der Waals surface area (Å²) < 4.78 is 64.4. The Morgan fingerprint density at radius 3 is 1.89 bits per heavy atom. The van der Waals surface area contributed by atoms with E-state index in [1.54, 1.807) is 7.11 Å². The Labute approximate surface area is 276 Å². The molecule has 0 unspecified atom stereocenters. The van der Waals surface area contributed by atoms with Gasteiger partial charge in [0.1, 0.15) is 42.7 Å². The summed E-state index contributed by atoms with van der Waals surface area (Å²) in [4.78, 5) is 0. The van der Waals surface area contributed by atoms with Crippen LogP contribution in [0.4, 0.5) is 0 Å². The van der Waals surface area contributed by atoms with Gasteiger partial charge in [0.2, 0.25) is 0 Å². The Morgan fingerprint density at radius 1 is 0.660 bits per heavy atom. The molecule has 0 radical (unpaired) electrons. The standard InChI is InChI=1S/C37H44O10/c1-23-28(31-33(35(38-4)42-23)47-37(2,3)46-31)44-36-32(40-21-25-16-10-6-11-17-25)30(39-20-24-14-8-5-9-15-24)29-27(43-36)22-41-34(45-29)26-18-12-7-13-19-26/h5-19,23,27-36H,20-22H2,1-4H3/t23-,27+,28-,29-,30-,31+,32+,33+,34-,35+,36+/m0/s1. The van der Waals surface area contributed by atoms with Gasteiger partial charge in [-0.2, -0.15) is 0 Å². The SMILES string of the molecule is CO[C@@H]1O[C@@H](C)[C@H](O[C@H]2O[C@@H]3CO[C@H](c4ccccc4)O[C@@H]3[C@H](OCc3ccccc3)[C@H]2OCc2ccccc2)[C@H]2OC(C)(C)O[C@@H]12. The topological polar surface area (TPSA) is 92.3 Å². The van der Waals surface area contributed by atoms with E-state index in [4.69, 9.17) is 47.4 Å². The number of hydrogen-bond acceptors (Lipinski definition) is 10. The Hall–Kier alpha value is -2.74. The summed E-state index contributed by atoms with van der Waals surface area (Å²) in [6, 6.07) is 29.9. The maximum absolute atomic E-state index is 6.86. The molecule has 4 aliphatic heterocycles. The summed E-state index contributed by atoms with van der Waals surface area (Å²) >= 11 is 0. The van der Waals surface area contributed by atoms with E-state index < -0.39 is 73.5 Å². The summed E-state index contributed by atoms with van der Waals surface area (Å²) in [6.45, 7) is 6.63. The third-order valence-corrected chi connectivity index (χ3v) is 9.02. The highest BCUT2D eigenvalue weighted by atomic mass is 16.8. The second kappa shape index (κ2) is 14.4. The lowest BCUT2D eigenvalue weighted by Crippen LogP contribution is -2.66. The second-order valence-electron chi connectivity index (χ2n) is 12.9. The zero-order valence-electron chi connectivity index (χ0n) is 27.2. The van der Waals surface area contributed by atoms with E-state index in [1.807, 2.05) is 112 Å². The highest BCUT2D eigenvalue weighted by Gasteiger charge is 2.58. The van der Waals surface area contributed by atoms with Gasteiger partial charge in [-0.05, 0) is 31.9 Å². The summed E-state index contributed by atoms with van der Waals surface area (Å²) in [5.41, 5.74) is 2.96. The van der Waals surface area contributed by atoms with Crippen LogP contribution in [-0.4, -0.2) is 80.9 Å². The van der Waals surface area contributed by atoms with Gasteiger partial charge in [0.05, 0.1) is 25.9 Å². The van der Waals surface area contributed by atoms with Crippen molar-refractivity contribution in [3.8, 4) is 0 Å². The van der Waals surface area contributed by atoms with Crippen molar-refractivity contribution in [3.63, 3.8) is 0 Å². The second-order valence-corrected chi connectivity index (χ2v) is 12.9. The van der Waals surface area contributed by atoms with Crippen molar-refractivity contribution in [2.45, 2.75) is 107 Å². The third-order valence-electron chi connectivity index (χ3n) is 9.02. The lowest BCUT2D eigenvalue weighted by molar-refractivity contribution is -0.388. The van der Waals surface area contributed by atoms with Crippen molar-refractivity contribution in [2.24, 2.45) is 0 Å². The van der Waals surface area contributed by atoms with Crippen LogP contribution in [0.1, 0.15) is 43.8 Å². The molecule has 3 aromatic carbocycles. The van der Waals surface area contributed by atoms with E-state index in [2.05, 4.69) is 0 Å². The molecule has 0 N–H and O–H groups in total. The van der Waals surface area contributed by atoms with Crippen LogP contribution in [0.25, 0.3) is 0 Å². The van der Waals surface area contributed by atoms with Crippen LogP contribution in [0.5, 0.6) is 0 Å². The van der Waals surface area contributed by atoms with Gasteiger partial charge in [-0.3, -0.25) is 0 Å². The molecule has 0 spiro atoms. The highest BCUT2D eigenvalue weighted by Crippen LogP contribution is 2.42. The molecule has 11 atom stereocenters. The molecule has 4 saturated heterocycles. The van der Waals surface area contributed by atoms with Crippen LogP contribution in [0.2, 0.25) is 0 Å². The fourth-order valence-electron chi connectivity index (χ4n) is 6.78. The Kier molecular flexibility index (Phi) is 10.0. The summed E-state index contributed by atoms with van der Waals surface area (Å²) in [7, 11) is 1.60. The van der Waals surface area contributed by atoms with Crippen molar-refractivity contribution in [2.75, 3.05) is 13.7 Å². The molecule has 0 aliphatic carbocycles. The first kappa shape index (κ1) is 32.8. The molecular weight excluding hydrogens is 604 g/mol. The number of ether oxygens (including phenoxy) is 10. The molecular formula is C37H44O10. The van der Waals surface area contributed by atoms with Gasteiger partial charge >= 0.3 is 0 Å². The van der Waals surface area contributed by atoms with E-state index in [0.717, 1.165) is 16.7 Å². The normalized spacial score (nSPS) is 36.4. The number of methoxy groups -OCH3 is 1. The minimum atomic E-state index is -0.871. The molecule has 0 aromatic heterocycles. The molecule has 0 saturated carbocycles. The number of hydrogen-bond donors (Lipinski definition) is 0. The van der Waals surface area contributed by atoms with Crippen LogP contribution >= 0.6 is 0 Å². The molecule has 7 rings (SSSR count). The number of rotatable bonds is 10. The average molecular weight is 649 g/mol. The molecule has 0 amide bonds. The van der Waals surface area contributed by atoms with Crippen molar-refractivity contribution in [1.82, 2.24) is 0 Å². The Balaban J connectivity index is 1.20. The first-order valence-corrected chi connectivity index (χ1v) is 16.4. The van der Waals surface area contributed by atoms with Crippen molar-refractivity contribution < 1.29 is 47.4 Å². The fourth-order valence-corrected chi connectivity index (χ4v) is 6.78. The minimum absolute atomic E-state index is 0.280. The smallest absolute Gasteiger partial charge is 0.187 e. The van der Waals surface area contributed by atoms with E-state index >= 15 is 0 Å². The van der Waals surface area contributed by atoms with Crippen LogP contribution in [0.15, 0.2) is 91.0 Å². The Morgan fingerprint density at radius 2 is 1.26 bits per heavy atom. The first-order chi connectivity index (χ1) is 22.9. The predicted octanol–water partition coefficient (Wildman–Crippen LogP) is 5.29. The molecule has 10 heteroatoms. The average Bonchev–Trinajstić information content (AvgIpc) is 3.43. The first-order valence-electron chi connectivity index (χ1n) is 16.4. The monoisotopic (exact) mass is 648 g/mol. The minimum Gasteiger partial charge on any atom is -0.368 e. The molecule has 0 bridgehead atoms. The van der Waals surface area contributed by atoms with Gasteiger partial charge in [0, 0.05) is 12.7 Å². The zero-order chi connectivity index (χ0) is 32.4. The zero-order valence-corrected chi connectivity index (χ0v) is 27.2. The molecule has 47 heavy (non-hydrogen) atoms. The highest BCUT2D eigenvalue weighted by molar-refractivity contribution is 5.18. The van der Waals surface area contributed by atoms with Crippen LogP contribution in [0, 0.1) is 0 Å². The maximum atomic E-state index is 6.86. The van der Waals surface area contributed by atoms with E-state index in [1.165, 1.54) is 0 Å². The van der Waals surface area contributed by atoms with Crippen LogP contribution in [-0.2, 0) is 60.6 Å². The number of fused-ring (bicyclic) bond motifs is 2. The lowest BCUT2D eigenvalue weighted by atomic mass is 9.96. The van der Waals surface area contributed by atoms with Gasteiger partial charge in [-0.25, -0.2) is 0 Å². The van der Waals surface area contributed by atoms with Crippen LogP contribution in [0.3, 0.4) is 0 Å². The van der Waals surface area contributed by atoms with Crippen molar-refractivity contribution >= 4 is 0 Å². The third kappa shape index (κ3) is 7.33. The molecule has 4 aliphatic rings. The van der Waals surface area contributed by atoms with Crippen LogP contribution < -0.4 is 0 Å². The molecule has 10 nitrogen and oxygen atoms in total. The van der Waals surface area contributed by atoms with Gasteiger partial charge in [-0.1, -0.05) is 91.0 Å². The van der Waals surface area contributed by atoms with Crippen molar-refractivity contribution in [3.05, 3.63) is 108 Å². The van der Waals surface area contributed by atoms with Crippen molar-refractivity contribution in [1.29, 1.82) is 0 Å². The predicted molar refractivity (Wildman–Crippen MR) is 169 cm³/mol. The van der Waals surface area contributed by atoms with Gasteiger partial charge in [-0.15, -0.1) is 0 Å². The lowest BCUT2D eigenvalue weighted by Gasteiger charge is -2.50. The summed E-state index contributed by atoms with van der Waals surface area (Å²) in [5, 5.41) is 0. The summed E-state index contributed by atoms with van der Waals surface area (Å²) in [6.07, 6.45) is -6.23. The largest absolute Gasteiger partial charge is 0.368 e. The van der Waals surface area contributed by atoms with E-state index in [-0.39, 0.29) is 6.61 Å². The molecule has 4 heterocycles. The Bertz CT molecular complexity index is 1410.